The highest BCUT2D eigenvalue weighted by Crippen LogP contribution is 2.32. The first-order valence-corrected chi connectivity index (χ1v) is 7.70. The zero-order valence-corrected chi connectivity index (χ0v) is 13.1. The van der Waals surface area contributed by atoms with Crippen LogP contribution in [0.5, 0.6) is 0 Å². The molecular formula is C16H19F2N3O2. The second kappa shape index (κ2) is 5.47. The molecule has 5 nitrogen and oxygen atoms in total. The molecule has 0 aliphatic carbocycles. The molecule has 2 amide bonds. The van der Waals surface area contributed by atoms with Gasteiger partial charge in [-0.1, -0.05) is 13.8 Å². The largest absolute Gasteiger partial charge is 0.362 e. The van der Waals surface area contributed by atoms with Crippen molar-refractivity contribution >= 4 is 17.5 Å². The maximum Gasteiger partial charge on any atom is 0.255 e. The minimum atomic E-state index is -1.05. The average Bonchev–Trinajstić information content (AvgIpc) is 2.49. The molecule has 2 N–H and O–H groups in total. The molecular weight excluding hydrogens is 304 g/mol. The number of hydrogen-bond donors (Lipinski definition) is 2. The fraction of sp³-hybridized carbons (Fsp3) is 0.500. The van der Waals surface area contributed by atoms with Crippen molar-refractivity contribution in [1.29, 1.82) is 0 Å². The van der Waals surface area contributed by atoms with Crippen molar-refractivity contribution in [3.05, 3.63) is 29.3 Å². The Labute approximate surface area is 133 Å². The van der Waals surface area contributed by atoms with Gasteiger partial charge >= 0.3 is 0 Å². The van der Waals surface area contributed by atoms with Crippen LogP contribution in [0.4, 0.5) is 14.5 Å². The lowest BCUT2D eigenvalue weighted by Crippen LogP contribution is -2.63. The molecule has 2 heterocycles. The van der Waals surface area contributed by atoms with Gasteiger partial charge in [-0.2, -0.15) is 0 Å². The van der Waals surface area contributed by atoms with E-state index in [0.717, 1.165) is 12.1 Å². The molecule has 124 valence electrons. The van der Waals surface area contributed by atoms with Gasteiger partial charge in [0.1, 0.15) is 5.66 Å². The van der Waals surface area contributed by atoms with Crippen LogP contribution in [0.25, 0.3) is 0 Å². The fourth-order valence-corrected chi connectivity index (χ4v) is 3.14. The van der Waals surface area contributed by atoms with Gasteiger partial charge in [0.25, 0.3) is 5.91 Å². The van der Waals surface area contributed by atoms with E-state index in [1.165, 1.54) is 0 Å². The van der Waals surface area contributed by atoms with Crippen LogP contribution in [0.15, 0.2) is 12.1 Å². The zero-order valence-electron chi connectivity index (χ0n) is 13.1. The van der Waals surface area contributed by atoms with E-state index in [0.29, 0.717) is 25.9 Å². The van der Waals surface area contributed by atoms with Crippen LogP contribution in [0, 0.1) is 17.6 Å². The first-order chi connectivity index (χ1) is 10.8. The predicted molar refractivity (Wildman–Crippen MR) is 80.8 cm³/mol. The lowest BCUT2D eigenvalue weighted by molar-refractivity contribution is -0.136. The Morgan fingerprint density at radius 1 is 1.17 bits per heavy atom. The highest BCUT2D eigenvalue weighted by atomic mass is 19.2. The minimum absolute atomic E-state index is 0.0734. The maximum atomic E-state index is 13.4. The molecule has 23 heavy (non-hydrogen) atoms. The van der Waals surface area contributed by atoms with Crippen LogP contribution < -0.4 is 10.6 Å². The first-order valence-electron chi connectivity index (χ1n) is 7.70. The highest BCUT2D eigenvalue weighted by molar-refractivity contribution is 6.02. The number of likely N-dealkylation sites (tertiary alicyclic amines) is 1. The number of nitrogens with one attached hydrogen (secondary N) is 2. The number of amides is 2. The zero-order chi connectivity index (χ0) is 16.8. The van der Waals surface area contributed by atoms with Crippen molar-refractivity contribution in [1.82, 2.24) is 10.2 Å². The number of halogens is 2. The Morgan fingerprint density at radius 2 is 1.78 bits per heavy atom. The molecule has 1 aromatic rings. The van der Waals surface area contributed by atoms with Crippen molar-refractivity contribution in [2.75, 3.05) is 18.4 Å². The molecule has 2 aliphatic rings. The van der Waals surface area contributed by atoms with E-state index in [9.17, 15) is 18.4 Å². The average molecular weight is 323 g/mol. The number of benzene rings is 1. The Bertz CT molecular complexity index is 668. The van der Waals surface area contributed by atoms with E-state index in [1.54, 1.807) is 4.90 Å². The summed E-state index contributed by atoms with van der Waals surface area (Å²) in [4.78, 5) is 26.0. The van der Waals surface area contributed by atoms with E-state index in [4.69, 9.17) is 0 Å². The molecule has 0 radical (unpaired) electrons. The van der Waals surface area contributed by atoms with E-state index in [2.05, 4.69) is 10.6 Å². The molecule has 0 saturated carbocycles. The highest BCUT2D eigenvalue weighted by Gasteiger charge is 2.41. The second-order valence-corrected chi connectivity index (χ2v) is 6.45. The van der Waals surface area contributed by atoms with Crippen molar-refractivity contribution in [3.63, 3.8) is 0 Å². The van der Waals surface area contributed by atoms with Gasteiger partial charge in [0.05, 0.1) is 11.3 Å². The van der Waals surface area contributed by atoms with E-state index >= 15 is 0 Å². The van der Waals surface area contributed by atoms with E-state index in [1.807, 2.05) is 13.8 Å². The topological polar surface area (TPSA) is 61.4 Å². The normalized spacial score (nSPS) is 19.3. The molecule has 2 aliphatic heterocycles. The predicted octanol–water partition coefficient (Wildman–Crippen LogP) is 2.09. The van der Waals surface area contributed by atoms with Crippen LogP contribution in [-0.4, -0.2) is 35.5 Å². The van der Waals surface area contributed by atoms with Gasteiger partial charge in [0.15, 0.2) is 11.6 Å². The molecule has 3 rings (SSSR count). The summed E-state index contributed by atoms with van der Waals surface area (Å²) in [6.45, 7) is 4.70. The summed E-state index contributed by atoms with van der Waals surface area (Å²) in [5.74, 6) is -2.46. The molecule has 1 fully saturated rings. The lowest BCUT2D eigenvalue weighted by atomic mass is 9.91. The molecule has 0 aromatic heterocycles. The van der Waals surface area contributed by atoms with Crippen LogP contribution in [-0.2, 0) is 4.79 Å². The summed E-state index contributed by atoms with van der Waals surface area (Å²) in [6.07, 6.45) is 1.02. The van der Waals surface area contributed by atoms with Crippen molar-refractivity contribution in [2.45, 2.75) is 32.4 Å². The summed E-state index contributed by atoms with van der Waals surface area (Å²) >= 11 is 0. The number of nitrogens with zero attached hydrogens (tertiary/aromatic N) is 1. The van der Waals surface area contributed by atoms with Crippen LogP contribution in [0.3, 0.4) is 0 Å². The number of carbonyl (C=O) groups excluding carboxylic acids is 2. The van der Waals surface area contributed by atoms with Crippen LogP contribution in [0.1, 0.15) is 37.0 Å². The Balaban J connectivity index is 1.80. The number of anilines is 1. The van der Waals surface area contributed by atoms with Gasteiger partial charge in [0, 0.05) is 37.9 Å². The van der Waals surface area contributed by atoms with Crippen molar-refractivity contribution in [2.24, 2.45) is 5.92 Å². The number of hydrogen-bond acceptors (Lipinski definition) is 3. The third-order valence-corrected chi connectivity index (χ3v) is 4.45. The quantitative estimate of drug-likeness (QED) is 0.832. The Kier molecular flexibility index (Phi) is 3.74. The summed E-state index contributed by atoms with van der Waals surface area (Å²) in [5.41, 5.74) is -0.339. The fourth-order valence-electron chi connectivity index (χ4n) is 3.14. The van der Waals surface area contributed by atoms with Crippen molar-refractivity contribution in [3.8, 4) is 0 Å². The maximum absolute atomic E-state index is 13.4. The van der Waals surface area contributed by atoms with Crippen LogP contribution >= 0.6 is 0 Å². The molecule has 1 saturated heterocycles. The summed E-state index contributed by atoms with van der Waals surface area (Å²) in [7, 11) is 0. The number of carbonyl (C=O) groups is 2. The molecule has 0 atom stereocenters. The summed E-state index contributed by atoms with van der Waals surface area (Å²) in [6, 6.07) is 1.91. The lowest BCUT2D eigenvalue weighted by Gasteiger charge is -2.46. The van der Waals surface area contributed by atoms with E-state index in [-0.39, 0.29) is 23.1 Å². The van der Waals surface area contributed by atoms with Gasteiger partial charge in [-0.3, -0.25) is 9.59 Å². The second-order valence-electron chi connectivity index (χ2n) is 6.45. The minimum Gasteiger partial charge on any atom is -0.362 e. The first kappa shape index (κ1) is 15.7. The van der Waals surface area contributed by atoms with Gasteiger partial charge in [0.2, 0.25) is 5.91 Å². The third-order valence-electron chi connectivity index (χ3n) is 4.45. The molecule has 1 spiro atoms. The third kappa shape index (κ3) is 2.75. The van der Waals surface area contributed by atoms with Crippen LogP contribution in [0.2, 0.25) is 0 Å². The van der Waals surface area contributed by atoms with Gasteiger partial charge in [-0.15, -0.1) is 0 Å². The monoisotopic (exact) mass is 323 g/mol. The molecule has 7 heteroatoms. The molecule has 1 aromatic carbocycles. The number of fused-ring (bicyclic) bond motifs is 1. The molecule has 0 unspecified atom stereocenters. The van der Waals surface area contributed by atoms with Crippen molar-refractivity contribution < 1.29 is 18.4 Å². The number of piperidine rings is 1. The van der Waals surface area contributed by atoms with Gasteiger partial charge in [-0.25, -0.2) is 8.78 Å². The number of rotatable bonds is 1. The van der Waals surface area contributed by atoms with Gasteiger partial charge in [-0.05, 0) is 6.07 Å². The Hall–Kier alpha value is -2.18. The molecule has 0 bridgehead atoms. The summed E-state index contributed by atoms with van der Waals surface area (Å²) < 4.78 is 26.7. The Morgan fingerprint density at radius 3 is 2.39 bits per heavy atom. The van der Waals surface area contributed by atoms with E-state index < -0.39 is 23.2 Å². The SMILES string of the molecule is CC(C)C(=O)N1CCC2(CC1)NC(=O)c1cc(F)c(F)cc1N2. The smallest absolute Gasteiger partial charge is 0.255 e. The summed E-state index contributed by atoms with van der Waals surface area (Å²) in [5, 5.41) is 5.97. The van der Waals surface area contributed by atoms with Gasteiger partial charge < -0.3 is 15.5 Å². The standard InChI is InChI=1S/C16H19F2N3O2/c1-9(2)15(23)21-5-3-16(4-6-21)19-13-8-12(18)11(17)7-10(13)14(22)20-16/h7-9,19H,3-6H2,1-2H3,(H,20,22).